The highest BCUT2D eigenvalue weighted by Crippen LogP contribution is 2.11. The summed E-state index contributed by atoms with van der Waals surface area (Å²) >= 11 is 0. The van der Waals surface area contributed by atoms with Gasteiger partial charge in [0.25, 0.3) is 0 Å². The molecule has 0 aliphatic carbocycles. The maximum absolute atomic E-state index is 11.9. The van der Waals surface area contributed by atoms with Crippen molar-refractivity contribution in [3.63, 3.8) is 0 Å². The topological polar surface area (TPSA) is 88.2 Å². The van der Waals surface area contributed by atoms with Gasteiger partial charge in [0.15, 0.2) is 0 Å². The monoisotopic (exact) mass is 301 g/mol. The van der Waals surface area contributed by atoms with Gasteiger partial charge in [0, 0.05) is 26.2 Å². The average Bonchev–Trinajstić information content (AvgIpc) is 2.37. The molecule has 1 N–H and O–H groups in total. The highest BCUT2D eigenvalue weighted by atomic mass is 16.6. The van der Waals surface area contributed by atoms with E-state index in [-0.39, 0.29) is 6.61 Å². The van der Waals surface area contributed by atoms with Gasteiger partial charge in [-0.1, -0.05) is 0 Å². The molecule has 21 heavy (non-hydrogen) atoms. The number of carbonyl (C=O) groups excluding carboxylic acids is 3. The van der Waals surface area contributed by atoms with Crippen molar-refractivity contribution in [1.29, 1.82) is 0 Å². The summed E-state index contributed by atoms with van der Waals surface area (Å²) in [7, 11) is 0. The maximum Gasteiger partial charge on any atom is 0.415 e. The van der Waals surface area contributed by atoms with Gasteiger partial charge in [-0.3, -0.25) is 0 Å². The number of imide groups is 1. The summed E-state index contributed by atoms with van der Waals surface area (Å²) in [6.07, 6.45) is -1.16. The normalized spacial score (nSPS) is 15.4. The maximum atomic E-state index is 11.9. The van der Waals surface area contributed by atoms with Crippen molar-refractivity contribution in [1.82, 2.24) is 15.1 Å². The summed E-state index contributed by atoms with van der Waals surface area (Å²) in [5, 5.41) is 2.12. The number of urea groups is 1. The Morgan fingerprint density at radius 1 is 1.05 bits per heavy atom. The third-order valence-corrected chi connectivity index (χ3v) is 2.70. The van der Waals surface area contributed by atoms with Gasteiger partial charge in [0.2, 0.25) is 0 Å². The number of hydrogen-bond donors (Lipinski definition) is 1. The van der Waals surface area contributed by atoms with Gasteiger partial charge in [-0.05, 0) is 27.7 Å². The molecular formula is C13H23N3O5. The zero-order valence-corrected chi connectivity index (χ0v) is 13.0. The predicted molar refractivity (Wildman–Crippen MR) is 74.9 cm³/mol. The van der Waals surface area contributed by atoms with Crippen LogP contribution in [0.1, 0.15) is 27.7 Å². The molecule has 0 saturated carbocycles. The number of nitrogens with zero attached hydrogens (tertiary/aromatic N) is 2. The minimum absolute atomic E-state index is 0.200. The van der Waals surface area contributed by atoms with Crippen LogP contribution in [-0.2, 0) is 9.47 Å². The molecule has 0 aromatic rings. The molecule has 0 aromatic heterocycles. The Kier molecular flexibility index (Phi) is 5.80. The van der Waals surface area contributed by atoms with E-state index in [9.17, 15) is 14.4 Å². The molecule has 0 radical (unpaired) electrons. The molecule has 1 aliphatic rings. The zero-order valence-electron chi connectivity index (χ0n) is 13.0. The molecule has 1 aliphatic heterocycles. The number of ether oxygens (including phenoxy) is 2. The van der Waals surface area contributed by atoms with Crippen LogP contribution < -0.4 is 5.32 Å². The lowest BCUT2D eigenvalue weighted by atomic mass is 10.2. The summed E-state index contributed by atoms with van der Waals surface area (Å²) in [4.78, 5) is 37.8. The first-order chi connectivity index (χ1) is 9.73. The summed E-state index contributed by atoms with van der Waals surface area (Å²) in [6, 6.07) is -0.516. The second-order valence-electron chi connectivity index (χ2n) is 5.61. The lowest BCUT2D eigenvalue weighted by molar-refractivity contribution is 0.0169. The van der Waals surface area contributed by atoms with Crippen LogP contribution in [0.4, 0.5) is 14.4 Å². The molecule has 0 bridgehead atoms. The van der Waals surface area contributed by atoms with Crippen molar-refractivity contribution >= 4 is 18.2 Å². The molecule has 8 heteroatoms. The van der Waals surface area contributed by atoms with Crippen LogP contribution in [0.25, 0.3) is 0 Å². The van der Waals surface area contributed by atoms with Gasteiger partial charge in [-0.2, -0.15) is 0 Å². The first-order valence-electron chi connectivity index (χ1n) is 6.93. The second kappa shape index (κ2) is 7.14. The first-order valence-corrected chi connectivity index (χ1v) is 6.93. The number of carbonyl (C=O) groups is 3. The van der Waals surface area contributed by atoms with Gasteiger partial charge in [0.05, 0.1) is 6.61 Å². The Morgan fingerprint density at radius 3 is 2.05 bits per heavy atom. The Bertz CT molecular complexity index is 397. The van der Waals surface area contributed by atoms with Crippen LogP contribution >= 0.6 is 0 Å². The number of alkyl carbamates (subject to hydrolysis) is 1. The molecule has 8 nitrogen and oxygen atoms in total. The Morgan fingerprint density at radius 2 is 1.57 bits per heavy atom. The lowest BCUT2D eigenvalue weighted by Crippen LogP contribution is -2.54. The van der Waals surface area contributed by atoms with E-state index in [4.69, 9.17) is 4.74 Å². The quantitative estimate of drug-likeness (QED) is 0.791. The molecule has 0 atom stereocenters. The van der Waals surface area contributed by atoms with Crippen molar-refractivity contribution in [3.05, 3.63) is 0 Å². The Labute approximate surface area is 124 Å². The van der Waals surface area contributed by atoms with Crippen LogP contribution in [0.3, 0.4) is 0 Å². The third-order valence-electron chi connectivity index (χ3n) is 2.70. The largest absolute Gasteiger partial charge is 0.450 e. The molecule has 0 aromatic carbocycles. The van der Waals surface area contributed by atoms with Crippen LogP contribution in [0, 0.1) is 0 Å². The third kappa shape index (κ3) is 5.88. The van der Waals surface area contributed by atoms with E-state index in [0.717, 1.165) is 0 Å². The molecule has 1 fully saturated rings. The van der Waals surface area contributed by atoms with Crippen LogP contribution in [0.5, 0.6) is 0 Å². The number of rotatable bonds is 1. The molecule has 1 rings (SSSR count). The Hall–Kier alpha value is -1.99. The van der Waals surface area contributed by atoms with Crippen molar-refractivity contribution in [2.24, 2.45) is 0 Å². The summed E-state index contributed by atoms with van der Waals surface area (Å²) in [6.45, 7) is 8.66. The van der Waals surface area contributed by atoms with Gasteiger partial charge < -0.3 is 19.3 Å². The lowest BCUT2D eigenvalue weighted by Gasteiger charge is -2.35. The van der Waals surface area contributed by atoms with Gasteiger partial charge in [-0.15, -0.1) is 0 Å². The molecule has 0 spiro atoms. The SMILES string of the molecule is CCOC(=O)NC(=O)N1CCN(C(=O)OC(C)(C)C)CC1. The summed E-state index contributed by atoms with van der Waals surface area (Å²) in [5.74, 6) is 0. The van der Waals surface area contributed by atoms with E-state index in [1.807, 2.05) is 0 Å². The first kappa shape index (κ1) is 17.1. The molecule has 4 amide bonds. The molecule has 120 valence electrons. The number of amides is 4. The average molecular weight is 301 g/mol. The van der Waals surface area contributed by atoms with Crippen LogP contribution in [-0.4, -0.2) is 66.4 Å². The fourth-order valence-electron chi connectivity index (χ4n) is 1.75. The molecule has 0 unspecified atom stereocenters. The highest BCUT2D eigenvalue weighted by molar-refractivity contribution is 5.90. The van der Waals surface area contributed by atoms with E-state index in [1.54, 1.807) is 32.6 Å². The summed E-state index contributed by atoms with van der Waals surface area (Å²) in [5.41, 5.74) is -0.546. The van der Waals surface area contributed by atoms with Crippen molar-refractivity contribution in [2.75, 3.05) is 32.8 Å². The fraction of sp³-hybridized carbons (Fsp3) is 0.769. The molecule has 1 saturated heterocycles. The van der Waals surface area contributed by atoms with E-state index in [2.05, 4.69) is 10.1 Å². The van der Waals surface area contributed by atoms with Gasteiger partial charge in [0.1, 0.15) is 5.60 Å². The van der Waals surface area contributed by atoms with Crippen molar-refractivity contribution < 1.29 is 23.9 Å². The molecule has 1 heterocycles. The van der Waals surface area contributed by atoms with E-state index in [0.29, 0.717) is 26.2 Å². The minimum atomic E-state index is -0.767. The fourth-order valence-corrected chi connectivity index (χ4v) is 1.75. The molecular weight excluding hydrogens is 278 g/mol. The second-order valence-corrected chi connectivity index (χ2v) is 5.61. The van der Waals surface area contributed by atoms with Crippen LogP contribution in [0.15, 0.2) is 0 Å². The highest BCUT2D eigenvalue weighted by Gasteiger charge is 2.28. The van der Waals surface area contributed by atoms with E-state index in [1.165, 1.54) is 4.90 Å². The Balaban J connectivity index is 2.40. The standard InChI is InChI=1S/C13H23N3O5/c1-5-20-11(18)14-10(17)15-6-8-16(9-7-15)12(19)21-13(2,3)4/h5-9H2,1-4H3,(H,14,17,18). The van der Waals surface area contributed by atoms with Gasteiger partial charge >= 0.3 is 18.2 Å². The predicted octanol–water partition coefficient (Wildman–Crippen LogP) is 1.41. The van der Waals surface area contributed by atoms with Crippen LogP contribution in [0.2, 0.25) is 0 Å². The van der Waals surface area contributed by atoms with Crippen molar-refractivity contribution in [3.8, 4) is 0 Å². The minimum Gasteiger partial charge on any atom is -0.450 e. The smallest absolute Gasteiger partial charge is 0.415 e. The number of hydrogen-bond acceptors (Lipinski definition) is 5. The van der Waals surface area contributed by atoms with Gasteiger partial charge in [-0.25, -0.2) is 19.7 Å². The summed E-state index contributed by atoms with van der Waals surface area (Å²) < 4.78 is 9.90. The van der Waals surface area contributed by atoms with E-state index < -0.39 is 23.8 Å². The zero-order chi connectivity index (χ0) is 16.0. The van der Waals surface area contributed by atoms with Crippen molar-refractivity contribution in [2.45, 2.75) is 33.3 Å². The van der Waals surface area contributed by atoms with E-state index >= 15 is 0 Å². The number of piperazine rings is 1. The number of nitrogens with one attached hydrogen (secondary N) is 1.